The summed E-state index contributed by atoms with van der Waals surface area (Å²) in [5, 5.41) is 12.5. The number of ether oxygens (including phenoxy) is 2. The third-order valence-corrected chi connectivity index (χ3v) is 3.80. The maximum absolute atomic E-state index is 11.0. The number of amides is 1. The van der Waals surface area contributed by atoms with E-state index in [0.717, 1.165) is 16.9 Å². The zero-order chi connectivity index (χ0) is 19.1. The summed E-state index contributed by atoms with van der Waals surface area (Å²) in [4.78, 5) is 15.4. The molecular formula is C19H19N3O5. The zero-order valence-corrected chi connectivity index (χ0v) is 14.7. The first-order chi connectivity index (χ1) is 13.2. The van der Waals surface area contributed by atoms with Crippen LogP contribution >= 0.6 is 0 Å². The van der Waals surface area contributed by atoms with Crippen LogP contribution in [0.25, 0.3) is 22.8 Å². The number of nitrogens with one attached hydrogen (secondary N) is 1. The number of methoxy groups -OCH3 is 1. The van der Waals surface area contributed by atoms with Crippen molar-refractivity contribution in [1.29, 1.82) is 0 Å². The summed E-state index contributed by atoms with van der Waals surface area (Å²) < 4.78 is 16.1. The molecule has 3 rings (SSSR count). The van der Waals surface area contributed by atoms with Crippen LogP contribution < -0.4 is 15.0 Å². The zero-order valence-electron chi connectivity index (χ0n) is 14.7. The molecule has 140 valence electrons. The molecule has 1 heterocycles. The molecule has 0 aliphatic carbocycles. The molecule has 0 fully saturated rings. The van der Waals surface area contributed by atoms with Crippen LogP contribution in [0.3, 0.4) is 0 Å². The normalized spacial score (nSPS) is 10.4. The standard InChI is InChI=1S/C19H19N3O5/c1-25-15-9-7-13(8-10-15)18-20-19(27-22-18)14-4-2-5-16(12-14)26-11-3-6-17(23)21-24/h2,4-5,7-10,12,24H,3,6,11H2,1H3,(H,21,23). The Labute approximate surface area is 155 Å². The van der Waals surface area contributed by atoms with Crippen molar-refractivity contribution in [2.45, 2.75) is 12.8 Å². The third kappa shape index (κ3) is 4.83. The molecule has 0 spiro atoms. The molecule has 0 aliphatic heterocycles. The van der Waals surface area contributed by atoms with Crippen molar-refractivity contribution < 1.29 is 24.0 Å². The molecule has 1 amide bonds. The van der Waals surface area contributed by atoms with E-state index in [1.807, 2.05) is 36.4 Å². The Bertz CT molecular complexity index is 892. The van der Waals surface area contributed by atoms with Crippen molar-refractivity contribution in [3.8, 4) is 34.3 Å². The Morgan fingerprint density at radius 1 is 1.15 bits per heavy atom. The van der Waals surface area contributed by atoms with Gasteiger partial charge in [-0.3, -0.25) is 10.0 Å². The SMILES string of the molecule is COc1ccc(-c2noc(-c3cccc(OCCCC(=O)NO)c3)n2)cc1. The van der Waals surface area contributed by atoms with E-state index in [4.69, 9.17) is 19.2 Å². The molecule has 2 aromatic carbocycles. The molecule has 0 bridgehead atoms. The second kappa shape index (κ2) is 8.81. The molecule has 0 saturated heterocycles. The van der Waals surface area contributed by atoms with E-state index in [2.05, 4.69) is 10.1 Å². The van der Waals surface area contributed by atoms with Crippen LogP contribution in [0.1, 0.15) is 12.8 Å². The van der Waals surface area contributed by atoms with E-state index in [9.17, 15) is 4.79 Å². The number of hydrogen-bond donors (Lipinski definition) is 2. The highest BCUT2D eigenvalue weighted by Crippen LogP contribution is 2.26. The smallest absolute Gasteiger partial charge is 0.258 e. The van der Waals surface area contributed by atoms with Gasteiger partial charge in [-0.05, 0) is 48.9 Å². The van der Waals surface area contributed by atoms with Gasteiger partial charge in [-0.25, -0.2) is 5.48 Å². The summed E-state index contributed by atoms with van der Waals surface area (Å²) in [6, 6.07) is 14.6. The summed E-state index contributed by atoms with van der Waals surface area (Å²) in [5.74, 6) is 1.80. The van der Waals surface area contributed by atoms with E-state index in [0.29, 0.717) is 30.5 Å². The quantitative estimate of drug-likeness (QED) is 0.357. The molecule has 0 radical (unpaired) electrons. The van der Waals surface area contributed by atoms with Gasteiger partial charge in [0.1, 0.15) is 11.5 Å². The van der Waals surface area contributed by atoms with Gasteiger partial charge in [-0.2, -0.15) is 4.98 Å². The molecule has 2 N–H and O–H groups in total. The van der Waals surface area contributed by atoms with Crippen LogP contribution in [0.15, 0.2) is 53.1 Å². The average molecular weight is 369 g/mol. The average Bonchev–Trinajstić information content (AvgIpc) is 3.21. The third-order valence-electron chi connectivity index (χ3n) is 3.80. The lowest BCUT2D eigenvalue weighted by atomic mass is 10.2. The minimum Gasteiger partial charge on any atom is -0.497 e. The van der Waals surface area contributed by atoms with E-state index in [-0.39, 0.29) is 6.42 Å². The Morgan fingerprint density at radius 2 is 1.96 bits per heavy atom. The van der Waals surface area contributed by atoms with Gasteiger partial charge in [0.2, 0.25) is 11.7 Å². The molecule has 3 aromatic rings. The Kier molecular flexibility index (Phi) is 6.01. The number of nitrogens with zero attached hydrogens (tertiary/aromatic N) is 2. The predicted molar refractivity (Wildman–Crippen MR) is 96.4 cm³/mol. The highest BCUT2D eigenvalue weighted by atomic mass is 16.5. The molecular weight excluding hydrogens is 350 g/mol. The van der Waals surface area contributed by atoms with Crippen molar-refractivity contribution >= 4 is 5.91 Å². The number of hydroxylamine groups is 1. The van der Waals surface area contributed by atoms with Gasteiger partial charge in [-0.15, -0.1) is 0 Å². The summed E-state index contributed by atoms with van der Waals surface area (Å²) in [5.41, 5.74) is 3.14. The van der Waals surface area contributed by atoms with E-state index in [1.54, 1.807) is 24.7 Å². The van der Waals surface area contributed by atoms with Crippen LogP contribution in [0, 0.1) is 0 Å². The minimum atomic E-state index is -0.440. The van der Waals surface area contributed by atoms with Crippen LogP contribution in [0.2, 0.25) is 0 Å². The van der Waals surface area contributed by atoms with Gasteiger partial charge < -0.3 is 14.0 Å². The molecule has 8 heteroatoms. The van der Waals surface area contributed by atoms with Crippen molar-refractivity contribution in [1.82, 2.24) is 15.6 Å². The highest BCUT2D eigenvalue weighted by Gasteiger charge is 2.11. The Morgan fingerprint density at radius 3 is 2.70 bits per heavy atom. The molecule has 0 unspecified atom stereocenters. The summed E-state index contributed by atoms with van der Waals surface area (Å²) in [6.07, 6.45) is 0.671. The molecule has 1 aromatic heterocycles. The number of hydrogen-bond acceptors (Lipinski definition) is 7. The maximum atomic E-state index is 11.0. The molecule has 0 saturated carbocycles. The fraction of sp³-hybridized carbons (Fsp3) is 0.211. The number of carbonyl (C=O) groups is 1. The lowest BCUT2D eigenvalue weighted by molar-refractivity contribution is -0.129. The monoisotopic (exact) mass is 369 g/mol. The number of aromatic nitrogens is 2. The predicted octanol–water partition coefficient (Wildman–Crippen LogP) is 3.08. The second-order valence-electron chi connectivity index (χ2n) is 5.67. The van der Waals surface area contributed by atoms with Crippen molar-refractivity contribution in [3.05, 3.63) is 48.5 Å². The van der Waals surface area contributed by atoms with Crippen molar-refractivity contribution in [2.24, 2.45) is 0 Å². The van der Waals surface area contributed by atoms with Crippen molar-refractivity contribution in [2.75, 3.05) is 13.7 Å². The van der Waals surface area contributed by atoms with Crippen LogP contribution in [0.5, 0.6) is 11.5 Å². The second-order valence-corrected chi connectivity index (χ2v) is 5.67. The van der Waals surface area contributed by atoms with Gasteiger partial charge in [0.15, 0.2) is 0 Å². The number of benzene rings is 2. The van der Waals surface area contributed by atoms with Gasteiger partial charge in [0, 0.05) is 17.5 Å². The first kappa shape index (κ1) is 18.4. The molecule has 0 aliphatic rings. The molecule has 0 atom stereocenters. The van der Waals surface area contributed by atoms with Crippen LogP contribution in [-0.2, 0) is 4.79 Å². The van der Waals surface area contributed by atoms with Crippen LogP contribution in [-0.4, -0.2) is 35.0 Å². The highest BCUT2D eigenvalue weighted by molar-refractivity contribution is 5.74. The summed E-state index contributed by atoms with van der Waals surface area (Å²) in [6.45, 7) is 0.345. The largest absolute Gasteiger partial charge is 0.497 e. The lowest BCUT2D eigenvalue weighted by Gasteiger charge is -2.06. The van der Waals surface area contributed by atoms with Gasteiger partial charge in [0.25, 0.3) is 5.89 Å². The van der Waals surface area contributed by atoms with E-state index in [1.165, 1.54) is 0 Å². The number of rotatable bonds is 8. The number of carbonyl (C=O) groups excluding carboxylic acids is 1. The van der Waals surface area contributed by atoms with Crippen molar-refractivity contribution in [3.63, 3.8) is 0 Å². The molecule has 27 heavy (non-hydrogen) atoms. The van der Waals surface area contributed by atoms with Gasteiger partial charge in [-0.1, -0.05) is 11.2 Å². The van der Waals surface area contributed by atoms with Gasteiger partial charge >= 0.3 is 0 Å². The van der Waals surface area contributed by atoms with Crippen LogP contribution in [0.4, 0.5) is 0 Å². The Hall–Kier alpha value is -3.39. The van der Waals surface area contributed by atoms with Gasteiger partial charge in [0.05, 0.1) is 13.7 Å². The summed E-state index contributed by atoms with van der Waals surface area (Å²) in [7, 11) is 1.61. The fourth-order valence-corrected chi connectivity index (χ4v) is 2.40. The first-order valence-corrected chi connectivity index (χ1v) is 8.34. The van der Waals surface area contributed by atoms with E-state index >= 15 is 0 Å². The lowest BCUT2D eigenvalue weighted by Crippen LogP contribution is -2.18. The first-order valence-electron chi connectivity index (χ1n) is 8.34. The van der Waals surface area contributed by atoms with E-state index < -0.39 is 5.91 Å². The minimum absolute atomic E-state index is 0.186. The topological polar surface area (TPSA) is 107 Å². The fourth-order valence-electron chi connectivity index (χ4n) is 2.40. The maximum Gasteiger partial charge on any atom is 0.258 e. The summed E-state index contributed by atoms with van der Waals surface area (Å²) >= 11 is 0. The molecule has 8 nitrogen and oxygen atoms in total. The Balaban J connectivity index is 1.66.